The Bertz CT molecular complexity index is 1240. The number of nitrogens with one attached hydrogen (secondary N) is 2. The molecule has 2 aromatic rings. The number of carbonyl (C=O) groups is 1. The lowest BCUT2D eigenvalue weighted by Gasteiger charge is -2.34. The van der Waals surface area contributed by atoms with Crippen LogP contribution in [0.3, 0.4) is 0 Å². The van der Waals surface area contributed by atoms with Crippen molar-refractivity contribution in [2.24, 2.45) is 10.2 Å². The van der Waals surface area contributed by atoms with Crippen molar-refractivity contribution in [2.45, 2.75) is 36.8 Å². The molecule has 0 aliphatic carbocycles. The van der Waals surface area contributed by atoms with E-state index in [0.717, 1.165) is 0 Å². The highest BCUT2D eigenvalue weighted by atomic mass is 32.2. The Kier molecular flexibility index (Phi) is 5.35. The van der Waals surface area contributed by atoms with Gasteiger partial charge in [0.15, 0.2) is 11.3 Å². The van der Waals surface area contributed by atoms with Crippen LogP contribution in [0.25, 0.3) is 0 Å². The molecule has 0 saturated carbocycles. The highest BCUT2D eigenvalue weighted by Crippen LogP contribution is 2.32. The Morgan fingerprint density at radius 2 is 1.90 bits per heavy atom. The number of hydrogen-bond donors (Lipinski definition) is 2. The Hall–Kier alpha value is -3.13. The summed E-state index contributed by atoms with van der Waals surface area (Å²) in [6, 6.07) is 5.99. The minimum absolute atomic E-state index is 0.0102. The van der Waals surface area contributed by atoms with Crippen LogP contribution < -0.4 is 16.0 Å². The molecule has 1 aromatic carbocycles. The Balaban J connectivity index is 1.60. The zero-order valence-corrected chi connectivity index (χ0v) is 17.3. The van der Waals surface area contributed by atoms with Crippen LogP contribution in [0, 0.1) is 6.92 Å². The molecule has 0 spiro atoms. The molecule has 13 heteroatoms. The van der Waals surface area contributed by atoms with Crippen molar-refractivity contribution in [3.63, 3.8) is 0 Å². The second-order valence-corrected chi connectivity index (χ2v) is 8.68. The molecule has 1 fully saturated rings. The number of aryl methyl sites for hydroxylation is 1. The van der Waals surface area contributed by atoms with Crippen LogP contribution in [0.1, 0.15) is 29.9 Å². The normalized spacial score (nSPS) is 20.8. The van der Waals surface area contributed by atoms with Crippen LogP contribution in [0.4, 0.5) is 0 Å². The molecule has 31 heavy (non-hydrogen) atoms. The largest absolute Gasteiger partial charge is 0.519 e. The number of hydrogen-bond acceptors (Lipinski definition) is 11. The average molecular weight is 450 g/mol. The van der Waals surface area contributed by atoms with Crippen LogP contribution in [0.5, 0.6) is 0 Å². The van der Waals surface area contributed by atoms with Crippen LogP contribution >= 0.6 is 0 Å². The van der Waals surface area contributed by atoms with Crippen molar-refractivity contribution in [2.75, 3.05) is 7.05 Å². The fraction of sp³-hybridized carbons (Fsp3) is 0.333. The summed E-state index contributed by atoms with van der Waals surface area (Å²) in [4.78, 5) is 28.6. The highest BCUT2D eigenvalue weighted by Gasteiger charge is 2.51. The molecule has 4 rings (SSSR count). The second kappa shape index (κ2) is 7.85. The van der Waals surface area contributed by atoms with E-state index in [4.69, 9.17) is 18.4 Å². The third-order valence-electron chi connectivity index (χ3n) is 4.92. The number of esters is 1. The lowest BCUT2D eigenvalue weighted by molar-refractivity contribution is -0.139. The van der Waals surface area contributed by atoms with Crippen LogP contribution in [-0.2, 0) is 31.0 Å². The van der Waals surface area contributed by atoms with E-state index in [2.05, 4.69) is 20.4 Å². The number of sulfonamides is 1. The summed E-state index contributed by atoms with van der Waals surface area (Å²) in [7, 11) is -2.28. The van der Waals surface area contributed by atoms with Crippen molar-refractivity contribution in [1.82, 2.24) is 10.2 Å². The maximum atomic E-state index is 12.0. The van der Waals surface area contributed by atoms with E-state index in [1.807, 2.05) is 0 Å². The minimum Gasteiger partial charge on any atom is -0.407 e. The first kappa shape index (κ1) is 21.1. The quantitative estimate of drug-likeness (QED) is 0.448. The number of carbonyl (C=O) groups excluding carboxylic acids is 1. The van der Waals surface area contributed by atoms with Gasteiger partial charge in [-0.15, -0.1) is 10.2 Å². The molecule has 0 amide bonds. The molecule has 164 valence electrons. The predicted molar refractivity (Wildman–Crippen MR) is 105 cm³/mol. The molecule has 2 aliphatic heterocycles. The van der Waals surface area contributed by atoms with Gasteiger partial charge in [0.05, 0.1) is 4.90 Å². The number of fused-ring (bicyclic) bond motifs is 1. The molecule has 0 bridgehead atoms. The summed E-state index contributed by atoms with van der Waals surface area (Å²) in [5.41, 5.74) is 2.58. The standard InChI is InChI=1S/C18H18N4O8S/c1-10-13(29-17(24)28-10)9-27-22-18-8-7-14(23)30-16(18)21-20-15(18)11-3-5-12(6-4-11)31(25,26)19-2/h3-6,19,22H,7-9H2,1-2H3. The lowest BCUT2D eigenvalue weighted by Crippen LogP contribution is -2.59. The first-order chi connectivity index (χ1) is 14.7. The SMILES string of the molecule is CNS(=O)(=O)c1ccc(C2=NN=C3OC(=O)CCC32NOCc2oc(=O)oc2C)cc1. The number of ether oxygens (including phenoxy) is 1. The monoisotopic (exact) mass is 450 g/mol. The van der Waals surface area contributed by atoms with Gasteiger partial charge in [-0.05, 0) is 32.5 Å². The maximum Gasteiger partial charge on any atom is 0.519 e. The van der Waals surface area contributed by atoms with Crippen LogP contribution in [0.2, 0.25) is 0 Å². The lowest BCUT2D eigenvalue weighted by atomic mass is 9.84. The minimum atomic E-state index is -3.60. The smallest absolute Gasteiger partial charge is 0.407 e. The summed E-state index contributed by atoms with van der Waals surface area (Å²) in [6.45, 7) is 1.41. The second-order valence-electron chi connectivity index (χ2n) is 6.79. The van der Waals surface area contributed by atoms with Crippen molar-refractivity contribution < 1.29 is 31.6 Å². The number of benzene rings is 1. The first-order valence-corrected chi connectivity index (χ1v) is 10.6. The molecular weight excluding hydrogens is 432 g/mol. The van der Waals surface area contributed by atoms with Gasteiger partial charge in [0.1, 0.15) is 18.1 Å². The van der Waals surface area contributed by atoms with Gasteiger partial charge in [-0.3, -0.25) is 9.63 Å². The zero-order chi connectivity index (χ0) is 22.2. The van der Waals surface area contributed by atoms with Crippen molar-refractivity contribution in [1.29, 1.82) is 0 Å². The van der Waals surface area contributed by atoms with Crippen LogP contribution in [0.15, 0.2) is 53.0 Å². The summed E-state index contributed by atoms with van der Waals surface area (Å²) in [5, 5.41) is 8.11. The van der Waals surface area contributed by atoms with Gasteiger partial charge in [-0.2, -0.15) is 5.48 Å². The fourth-order valence-corrected chi connectivity index (χ4v) is 3.97. The molecule has 0 radical (unpaired) electrons. The molecule has 1 unspecified atom stereocenters. The van der Waals surface area contributed by atoms with Crippen molar-refractivity contribution in [3.8, 4) is 0 Å². The summed E-state index contributed by atoms with van der Waals surface area (Å²) < 4.78 is 41.1. The molecule has 12 nitrogen and oxygen atoms in total. The van der Waals surface area contributed by atoms with Crippen molar-refractivity contribution >= 4 is 27.6 Å². The number of rotatable bonds is 7. The van der Waals surface area contributed by atoms with Gasteiger partial charge in [0.2, 0.25) is 15.9 Å². The Morgan fingerprint density at radius 3 is 2.55 bits per heavy atom. The van der Waals surface area contributed by atoms with Gasteiger partial charge >= 0.3 is 11.8 Å². The molecule has 1 aromatic heterocycles. The molecule has 3 heterocycles. The van der Waals surface area contributed by atoms with E-state index in [0.29, 0.717) is 11.3 Å². The van der Waals surface area contributed by atoms with Crippen LogP contribution in [-0.4, -0.2) is 38.6 Å². The Labute approximate surface area is 175 Å². The summed E-state index contributed by atoms with van der Waals surface area (Å²) in [5.74, 6) is -0.827. The summed E-state index contributed by atoms with van der Waals surface area (Å²) >= 11 is 0. The van der Waals surface area contributed by atoms with Gasteiger partial charge in [-0.25, -0.2) is 17.9 Å². The maximum absolute atomic E-state index is 12.0. The molecule has 2 aliphatic rings. The van der Waals surface area contributed by atoms with E-state index >= 15 is 0 Å². The third-order valence-corrected chi connectivity index (χ3v) is 6.35. The van der Waals surface area contributed by atoms with E-state index in [9.17, 15) is 18.0 Å². The topological polar surface area (TPSA) is 162 Å². The van der Waals surface area contributed by atoms with Gasteiger partial charge in [0.25, 0.3) is 0 Å². The molecule has 2 N–H and O–H groups in total. The van der Waals surface area contributed by atoms with E-state index < -0.39 is 27.4 Å². The molecule has 1 saturated heterocycles. The third kappa shape index (κ3) is 3.83. The van der Waals surface area contributed by atoms with E-state index in [1.165, 1.54) is 19.2 Å². The molecule has 1 atom stereocenters. The zero-order valence-electron chi connectivity index (χ0n) is 16.5. The molecular formula is C18H18N4O8S. The van der Waals surface area contributed by atoms with E-state index in [-0.39, 0.29) is 41.8 Å². The first-order valence-electron chi connectivity index (χ1n) is 9.15. The number of nitrogens with zero attached hydrogens (tertiary/aromatic N) is 2. The number of hydroxylamine groups is 1. The van der Waals surface area contributed by atoms with E-state index in [1.54, 1.807) is 19.1 Å². The van der Waals surface area contributed by atoms with Gasteiger partial charge < -0.3 is 13.6 Å². The fourth-order valence-electron chi connectivity index (χ4n) is 3.24. The summed E-state index contributed by atoms with van der Waals surface area (Å²) in [6.07, 6.45) is 0.300. The highest BCUT2D eigenvalue weighted by molar-refractivity contribution is 7.89. The predicted octanol–water partition coefficient (Wildman–Crippen LogP) is 0.363. The Morgan fingerprint density at radius 1 is 1.16 bits per heavy atom. The van der Waals surface area contributed by atoms with Gasteiger partial charge in [0, 0.05) is 12.0 Å². The average Bonchev–Trinajstić information content (AvgIpc) is 3.27. The van der Waals surface area contributed by atoms with Gasteiger partial charge in [-0.1, -0.05) is 12.1 Å². The van der Waals surface area contributed by atoms with Crippen molar-refractivity contribution in [3.05, 3.63) is 52.0 Å².